The number of piperidine rings is 1. The molecule has 1 heterocycles. The fraction of sp³-hybridized carbons (Fsp3) is 0.278. The lowest BCUT2D eigenvalue weighted by molar-refractivity contribution is 0.0590. The summed E-state index contributed by atoms with van der Waals surface area (Å²) in [6.45, 7) is 0.590. The summed E-state index contributed by atoms with van der Waals surface area (Å²) in [4.78, 5) is 13.7. The van der Waals surface area contributed by atoms with E-state index in [0.717, 1.165) is 12.1 Å². The Hall–Kier alpha value is -2.57. The molecular weight excluding hydrogens is 338 g/mol. The Morgan fingerprint density at radius 1 is 0.920 bits per heavy atom. The third kappa shape index (κ3) is 3.75. The molecular formula is C18H15F4NO2. The van der Waals surface area contributed by atoms with Gasteiger partial charge >= 0.3 is 0 Å². The van der Waals surface area contributed by atoms with Gasteiger partial charge in [-0.1, -0.05) is 0 Å². The van der Waals surface area contributed by atoms with Crippen LogP contribution in [0.15, 0.2) is 36.4 Å². The van der Waals surface area contributed by atoms with Gasteiger partial charge in [0.1, 0.15) is 17.7 Å². The largest absolute Gasteiger partial charge is 0.490 e. The third-order valence-electron chi connectivity index (χ3n) is 4.11. The molecule has 132 valence electrons. The number of hydrogen-bond donors (Lipinski definition) is 0. The van der Waals surface area contributed by atoms with Gasteiger partial charge in [0.05, 0.1) is 5.56 Å². The Balaban J connectivity index is 1.61. The first-order chi connectivity index (χ1) is 12.0. The van der Waals surface area contributed by atoms with Gasteiger partial charge < -0.3 is 9.64 Å². The first kappa shape index (κ1) is 17.3. The highest BCUT2D eigenvalue weighted by Crippen LogP contribution is 2.22. The van der Waals surface area contributed by atoms with Crippen molar-refractivity contribution in [1.82, 2.24) is 4.90 Å². The lowest BCUT2D eigenvalue weighted by atomic mass is 10.1. The number of amides is 1. The Morgan fingerprint density at radius 2 is 1.56 bits per heavy atom. The fourth-order valence-corrected chi connectivity index (χ4v) is 2.74. The van der Waals surface area contributed by atoms with Crippen LogP contribution in [-0.4, -0.2) is 30.0 Å². The minimum atomic E-state index is -1.65. The maximum atomic E-state index is 13.7. The quantitative estimate of drug-likeness (QED) is 0.618. The predicted octanol–water partition coefficient (Wildman–Crippen LogP) is 3.93. The van der Waals surface area contributed by atoms with Crippen LogP contribution in [0.1, 0.15) is 23.2 Å². The van der Waals surface area contributed by atoms with E-state index < -0.39 is 28.9 Å². The van der Waals surface area contributed by atoms with E-state index in [-0.39, 0.29) is 11.9 Å². The van der Waals surface area contributed by atoms with Crippen molar-refractivity contribution < 1.29 is 27.1 Å². The topological polar surface area (TPSA) is 29.5 Å². The van der Waals surface area contributed by atoms with Crippen LogP contribution < -0.4 is 4.74 Å². The zero-order valence-corrected chi connectivity index (χ0v) is 13.1. The van der Waals surface area contributed by atoms with Crippen molar-refractivity contribution in [3.63, 3.8) is 0 Å². The molecule has 0 spiro atoms. The van der Waals surface area contributed by atoms with E-state index in [1.165, 1.54) is 29.2 Å². The van der Waals surface area contributed by atoms with Gasteiger partial charge in [-0.2, -0.15) is 0 Å². The summed E-state index contributed by atoms with van der Waals surface area (Å²) in [6, 6.07) is 7.29. The number of rotatable bonds is 3. The monoisotopic (exact) mass is 353 g/mol. The number of nitrogens with zero attached hydrogens (tertiary/aromatic N) is 1. The number of carbonyl (C=O) groups excluding carboxylic acids is 1. The fourth-order valence-electron chi connectivity index (χ4n) is 2.74. The summed E-state index contributed by atoms with van der Waals surface area (Å²) in [5.74, 6) is -4.98. The first-order valence-corrected chi connectivity index (χ1v) is 7.80. The lowest BCUT2D eigenvalue weighted by Gasteiger charge is -2.32. The molecule has 1 aliphatic rings. The van der Waals surface area contributed by atoms with Crippen LogP contribution >= 0.6 is 0 Å². The Morgan fingerprint density at radius 3 is 2.20 bits per heavy atom. The standard InChI is InChI=1S/C18H15F4NO2/c19-11-1-3-12(4-2-11)25-13-7-9-23(10-8-13)18(24)14-5-6-15(20)17(22)16(14)21/h1-6,13H,7-10H2. The van der Waals surface area contributed by atoms with Gasteiger partial charge in [-0.15, -0.1) is 0 Å². The van der Waals surface area contributed by atoms with Crippen LogP contribution in [0, 0.1) is 23.3 Å². The molecule has 2 aromatic rings. The summed E-state index contributed by atoms with van der Waals surface area (Å²) in [7, 11) is 0. The van der Waals surface area contributed by atoms with E-state index in [0.29, 0.717) is 31.7 Å². The summed E-state index contributed by atoms with van der Waals surface area (Å²) >= 11 is 0. The van der Waals surface area contributed by atoms with Crippen LogP contribution in [0.4, 0.5) is 17.6 Å². The molecule has 0 bridgehead atoms. The van der Waals surface area contributed by atoms with E-state index in [2.05, 4.69) is 0 Å². The Labute approximate surface area is 141 Å². The minimum absolute atomic E-state index is 0.163. The highest BCUT2D eigenvalue weighted by molar-refractivity contribution is 5.94. The van der Waals surface area contributed by atoms with Crippen molar-refractivity contribution in [2.45, 2.75) is 18.9 Å². The molecule has 0 unspecified atom stereocenters. The molecule has 1 fully saturated rings. The zero-order valence-electron chi connectivity index (χ0n) is 13.1. The Kier molecular flexibility index (Phi) is 4.92. The molecule has 0 saturated carbocycles. The number of benzene rings is 2. The van der Waals surface area contributed by atoms with E-state index in [4.69, 9.17) is 4.74 Å². The third-order valence-corrected chi connectivity index (χ3v) is 4.11. The molecule has 3 nitrogen and oxygen atoms in total. The molecule has 2 aromatic carbocycles. The van der Waals surface area contributed by atoms with Gasteiger partial charge in [0, 0.05) is 25.9 Å². The second-order valence-electron chi connectivity index (χ2n) is 5.79. The molecule has 3 rings (SSSR count). The number of halogens is 4. The van der Waals surface area contributed by atoms with Crippen LogP contribution in [0.2, 0.25) is 0 Å². The summed E-state index contributed by atoms with van der Waals surface area (Å²) in [5.41, 5.74) is -0.489. The summed E-state index contributed by atoms with van der Waals surface area (Å²) in [6.07, 6.45) is 0.826. The number of hydrogen-bond acceptors (Lipinski definition) is 2. The van der Waals surface area contributed by atoms with Crippen molar-refractivity contribution in [1.29, 1.82) is 0 Å². The van der Waals surface area contributed by atoms with Gasteiger partial charge in [0.25, 0.3) is 5.91 Å². The summed E-state index contributed by atoms with van der Waals surface area (Å²) < 4.78 is 58.6. The van der Waals surface area contributed by atoms with Crippen molar-refractivity contribution in [3.05, 3.63) is 65.2 Å². The van der Waals surface area contributed by atoms with Gasteiger partial charge in [-0.25, -0.2) is 17.6 Å². The highest BCUT2D eigenvalue weighted by atomic mass is 19.2. The molecule has 0 atom stereocenters. The van der Waals surface area contributed by atoms with E-state index in [1.807, 2.05) is 0 Å². The van der Waals surface area contributed by atoms with Gasteiger partial charge in [-0.05, 0) is 36.4 Å². The van der Waals surface area contributed by atoms with Gasteiger partial charge in [0.2, 0.25) is 0 Å². The predicted molar refractivity (Wildman–Crippen MR) is 82.3 cm³/mol. The summed E-state index contributed by atoms with van der Waals surface area (Å²) in [5, 5.41) is 0. The maximum absolute atomic E-state index is 13.7. The van der Waals surface area contributed by atoms with Crippen LogP contribution in [0.5, 0.6) is 5.75 Å². The molecule has 7 heteroatoms. The maximum Gasteiger partial charge on any atom is 0.256 e. The minimum Gasteiger partial charge on any atom is -0.490 e. The average molecular weight is 353 g/mol. The zero-order chi connectivity index (χ0) is 18.0. The number of ether oxygens (including phenoxy) is 1. The van der Waals surface area contributed by atoms with Gasteiger partial charge in [-0.3, -0.25) is 4.79 Å². The van der Waals surface area contributed by atoms with E-state index in [9.17, 15) is 22.4 Å². The van der Waals surface area contributed by atoms with E-state index in [1.54, 1.807) is 0 Å². The molecule has 0 aromatic heterocycles. The molecule has 0 radical (unpaired) electrons. The smallest absolute Gasteiger partial charge is 0.256 e. The second-order valence-corrected chi connectivity index (χ2v) is 5.79. The van der Waals surface area contributed by atoms with Crippen LogP contribution in [0.3, 0.4) is 0 Å². The lowest BCUT2D eigenvalue weighted by Crippen LogP contribution is -2.42. The molecule has 1 amide bonds. The Bertz CT molecular complexity index is 771. The second kappa shape index (κ2) is 7.13. The molecule has 25 heavy (non-hydrogen) atoms. The van der Waals surface area contributed by atoms with Crippen LogP contribution in [-0.2, 0) is 0 Å². The highest BCUT2D eigenvalue weighted by Gasteiger charge is 2.28. The normalized spacial score (nSPS) is 15.3. The SMILES string of the molecule is O=C(c1ccc(F)c(F)c1F)N1CCC(Oc2ccc(F)cc2)CC1. The molecule has 0 N–H and O–H groups in total. The first-order valence-electron chi connectivity index (χ1n) is 7.80. The number of carbonyl (C=O) groups is 1. The number of likely N-dealkylation sites (tertiary alicyclic amines) is 1. The molecule has 1 aliphatic heterocycles. The van der Waals surface area contributed by atoms with Crippen molar-refractivity contribution in [3.8, 4) is 5.75 Å². The van der Waals surface area contributed by atoms with Crippen molar-refractivity contribution >= 4 is 5.91 Å². The van der Waals surface area contributed by atoms with Crippen molar-refractivity contribution in [2.24, 2.45) is 0 Å². The van der Waals surface area contributed by atoms with Crippen LogP contribution in [0.25, 0.3) is 0 Å². The van der Waals surface area contributed by atoms with E-state index >= 15 is 0 Å². The molecule has 1 saturated heterocycles. The van der Waals surface area contributed by atoms with Gasteiger partial charge in [0.15, 0.2) is 17.5 Å². The average Bonchev–Trinajstić information content (AvgIpc) is 2.62. The van der Waals surface area contributed by atoms with Crippen molar-refractivity contribution in [2.75, 3.05) is 13.1 Å². The molecule has 0 aliphatic carbocycles.